The number of nitrogens with zero attached hydrogens (tertiary/aromatic N) is 5. The third kappa shape index (κ3) is 5.64. The van der Waals surface area contributed by atoms with Crippen molar-refractivity contribution in [2.75, 3.05) is 26.2 Å². The second-order valence-electron chi connectivity index (χ2n) is 7.69. The highest BCUT2D eigenvalue weighted by molar-refractivity contribution is 6.32. The fourth-order valence-corrected chi connectivity index (χ4v) is 4.02. The van der Waals surface area contributed by atoms with E-state index in [1.807, 2.05) is 0 Å². The first-order chi connectivity index (χ1) is 16.3. The molecule has 9 nitrogen and oxygen atoms in total. The van der Waals surface area contributed by atoms with E-state index in [1.165, 1.54) is 35.0 Å². The SMILES string of the molecule is O=C(c1ccn(COc2ccc([N+](=O)[O-])cc2Cl)n1)N1CCN(Cc2ccc(F)cc2Cl)CC1. The van der Waals surface area contributed by atoms with Crippen molar-refractivity contribution >= 4 is 34.8 Å². The van der Waals surface area contributed by atoms with Crippen molar-refractivity contribution in [3.63, 3.8) is 0 Å². The first-order valence-electron chi connectivity index (χ1n) is 10.4. The molecule has 1 fully saturated rings. The molecule has 3 aromatic rings. The Labute approximate surface area is 204 Å². The molecule has 2 aromatic carbocycles. The molecule has 4 rings (SSSR count). The minimum atomic E-state index is -0.543. The Hall–Kier alpha value is -3.21. The quantitative estimate of drug-likeness (QED) is 0.350. The van der Waals surface area contributed by atoms with Crippen LogP contribution >= 0.6 is 23.2 Å². The van der Waals surface area contributed by atoms with E-state index in [0.717, 1.165) is 5.56 Å². The van der Waals surface area contributed by atoms with Gasteiger partial charge in [-0.2, -0.15) is 5.10 Å². The number of benzene rings is 2. The average molecular weight is 508 g/mol. The predicted molar refractivity (Wildman–Crippen MR) is 124 cm³/mol. The van der Waals surface area contributed by atoms with Gasteiger partial charge in [-0.1, -0.05) is 29.3 Å². The third-order valence-electron chi connectivity index (χ3n) is 5.41. The fourth-order valence-electron chi connectivity index (χ4n) is 3.57. The third-order valence-corrected chi connectivity index (χ3v) is 6.05. The number of non-ortho nitro benzene ring substituents is 1. The van der Waals surface area contributed by atoms with Gasteiger partial charge in [0, 0.05) is 56.1 Å². The molecule has 1 aliphatic heterocycles. The maximum absolute atomic E-state index is 13.2. The van der Waals surface area contributed by atoms with Crippen LogP contribution in [0.25, 0.3) is 0 Å². The highest BCUT2D eigenvalue weighted by atomic mass is 35.5. The molecule has 178 valence electrons. The summed E-state index contributed by atoms with van der Waals surface area (Å²) in [5.41, 5.74) is 0.994. The normalized spacial score (nSPS) is 14.3. The van der Waals surface area contributed by atoms with Crippen molar-refractivity contribution in [2.24, 2.45) is 0 Å². The van der Waals surface area contributed by atoms with Crippen LogP contribution in [0.1, 0.15) is 16.1 Å². The molecule has 2 heterocycles. The summed E-state index contributed by atoms with van der Waals surface area (Å²) >= 11 is 12.1. The van der Waals surface area contributed by atoms with Crippen LogP contribution in [0, 0.1) is 15.9 Å². The van der Waals surface area contributed by atoms with E-state index in [-0.39, 0.29) is 40.6 Å². The molecule has 0 N–H and O–H groups in total. The molecule has 1 aromatic heterocycles. The summed E-state index contributed by atoms with van der Waals surface area (Å²) in [5, 5.41) is 15.6. The van der Waals surface area contributed by atoms with Gasteiger partial charge in [0.25, 0.3) is 11.6 Å². The molecule has 0 spiro atoms. The first kappa shape index (κ1) is 23.9. The van der Waals surface area contributed by atoms with Crippen molar-refractivity contribution in [1.29, 1.82) is 0 Å². The first-order valence-corrected chi connectivity index (χ1v) is 11.1. The van der Waals surface area contributed by atoms with Crippen molar-refractivity contribution < 1.29 is 18.8 Å². The van der Waals surface area contributed by atoms with E-state index in [9.17, 15) is 19.3 Å². The number of ether oxygens (including phenoxy) is 1. The largest absolute Gasteiger partial charge is 0.470 e. The minimum Gasteiger partial charge on any atom is -0.470 e. The van der Waals surface area contributed by atoms with E-state index in [2.05, 4.69) is 10.00 Å². The summed E-state index contributed by atoms with van der Waals surface area (Å²) in [6.45, 7) is 2.93. The number of aromatic nitrogens is 2. The Morgan fingerprint density at radius 3 is 2.53 bits per heavy atom. The Morgan fingerprint density at radius 1 is 1.09 bits per heavy atom. The van der Waals surface area contributed by atoms with Crippen LogP contribution in [0.2, 0.25) is 10.0 Å². The maximum Gasteiger partial charge on any atom is 0.274 e. The molecule has 0 atom stereocenters. The lowest BCUT2D eigenvalue weighted by Gasteiger charge is -2.34. The summed E-state index contributed by atoms with van der Waals surface area (Å²) in [4.78, 5) is 27.0. The average Bonchev–Trinajstić information content (AvgIpc) is 3.29. The van der Waals surface area contributed by atoms with Gasteiger partial charge in [0.05, 0.1) is 9.95 Å². The number of rotatable bonds is 7. The summed E-state index contributed by atoms with van der Waals surface area (Å²) in [6.07, 6.45) is 1.61. The van der Waals surface area contributed by atoms with Crippen LogP contribution < -0.4 is 4.74 Å². The number of nitro groups is 1. The number of nitro benzene ring substituents is 1. The molecule has 0 bridgehead atoms. The number of hydrogen-bond donors (Lipinski definition) is 0. The highest BCUT2D eigenvalue weighted by Crippen LogP contribution is 2.28. The highest BCUT2D eigenvalue weighted by Gasteiger charge is 2.24. The van der Waals surface area contributed by atoms with Crippen molar-refractivity contribution in [2.45, 2.75) is 13.3 Å². The second-order valence-corrected chi connectivity index (χ2v) is 8.50. The summed E-state index contributed by atoms with van der Waals surface area (Å²) in [6, 6.07) is 9.88. The van der Waals surface area contributed by atoms with Crippen LogP contribution in [0.4, 0.5) is 10.1 Å². The monoisotopic (exact) mass is 507 g/mol. The van der Waals surface area contributed by atoms with Gasteiger partial charge in [-0.05, 0) is 29.8 Å². The van der Waals surface area contributed by atoms with Crippen molar-refractivity contribution in [3.8, 4) is 5.75 Å². The van der Waals surface area contributed by atoms with Gasteiger partial charge >= 0.3 is 0 Å². The molecule has 0 aliphatic carbocycles. The topological polar surface area (TPSA) is 93.7 Å². The molecule has 1 saturated heterocycles. The number of amides is 1. The van der Waals surface area contributed by atoms with Gasteiger partial charge < -0.3 is 9.64 Å². The number of hydrogen-bond acceptors (Lipinski definition) is 6. The van der Waals surface area contributed by atoms with Gasteiger partial charge in [0.2, 0.25) is 0 Å². The number of carbonyl (C=O) groups is 1. The van der Waals surface area contributed by atoms with E-state index in [1.54, 1.807) is 23.2 Å². The Morgan fingerprint density at radius 2 is 1.85 bits per heavy atom. The van der Waals surface area contributed by atoms with E-state index < -0.39 is 4.92 Å². The maximum atomic E-state index is 13.2. The van der Waals surface area contributed by atoms with Crippen LogP contribution in [0.5, 0.6) is 5.75 Å². The molecule has 0 radical (unpaired) electrons. The van der Waals surface area contributed by atoms with E-state index in [0.29, 0.717) is 37.7 Å². The molecular weight excluding hydrogens is 488 g/mol. The molecule has 1 amide bonds. The summed E-state index contributed by atoms with van der Waals surface area (Å²) in [5.74, 6) is -0.288. The van der Waals surface area contributed by atoms with Crippen LogP contribution in [-0.2, 0) is 13.3 Å². The standard InChI is InChI=1S/C22H20Cl2FN5O4/c23-18-11-16(25)2-1-15(18)13-27-7-9-28(10-8-27)22(31)20-5-6-29(26-20)14-34-21-4-3-17(30(32)33)12-19(21)24/h1-6,11-12H,7-10,13-14H2. The van der Waals surface area contributed by atoms with E-state index >= 15 is 0 Å². The van der Waals surface area contributed by atoms with Crippen molar-refractivity contribution in [3.05, 3.63) is 85.9 Å². The minimum absolute atomic E-state index is 0.0168. The lowest BCUT2D eigenvalue weighted by Crippen LogP contribution is -2.48. The number of piperazine rings is 1. The molecule has 12 heteroatoms. The van der Waals surface area contributed by atoms with Crippen LogP contribution in [0.15, 0.2) is 48.7 Å². The Kier molecular flexibility index (Phi) is 7.30. The van der Waals surface area contributed by atoms with Crippen molar-refractivity contribution in [1.82, 2.24) is 19.6 Å². The molecule has 0 unspecified atom stereocenters. The summed E-state index contributed by atoms with van der Waals surface area (Å²) < 4.78 is 20.2. The van der Waals surface area contributed by atoms with Gasteiger partial charge in [-0.25, -0.2) is 9.07 Å². The number of halogens is 3. The smallest absolute Gasteiger partial charge is 0.274 e. The van der Waals surface area contributed by atoms with Crippen LogP contribution in [0.3, 0.4) is 0 Å². The zero-order valence-electron chi connectivity index (χ0n) is 17.9. The number of carbonyl (C=O) groups excluding carboxylic acids is 1. The predicted octanol–water partition coefficient (Wildman–Crippen LogP) is 4.23. The second kappa shape index (κ2) is 10.4. The zero-order chi connectivity index (χ0) is 24.2. The molecule has 0 saturated carbocycles. The van der Waals surface area contributed by atoms with Crippen LogP contribution in [-0.4, -0.2) is 56.6 Å². The van der Waals surface area contributed by atoms with Gasteiger partial charge in [0.15, 0.2) is 12.4 Å². The Bertz CT molecular complexity index is 1210. The molecule has 34 heavy (non-hydrogen) atoms. The molecular formula is C22H20Cl2FN5O4. The lowest BCUT2D eigenvalue weighted by atomic mass is 10.2. The van der Waals surface area contributed by atoms with Gasteiger partial charge in [0.1, 0.15) is 11.6 Å². The van der Waals surface area contributed by atoms with Gasteiger partial charge in [-0.15, -0.1) is 0 Å². The zero-order valence-corrected chi connectivity index (χ0v) is 19.4. The fraction of sp³-hybridized carbons (Fsp3) is 0.273. The molecule has 1 aliphatic rings. The Balaban J connectivity index is 1.29. The summed E-state index contributed by atoms with van der Waals surface area (Å²) in [7, 11) is 0. The van der Waals surface area contributed by atoms with Gasteiger partial charge in [-0.3, -0.25) is 19.8 Å². The lowest BCUT2D eigenvalue weighted by molar-refractivity contribution is -0.384. The van der Waals surface area contributed by atoms with E-state index in [4.69, 9.17) is 27.9 Å².